The van der Waals surface area contributed by atoms with Gasteiger partial charge in [-0.25, -0.2) is 4.79 Å². The van der Waals surface area contributed by atoms with Crippen molar-refractivity contribution in [2.45, 2.75) is 32.9 Å². The van der Waals surface area contributed by atoms with Crippen molar-refractivity contribution in [3.05, 3.63) is 22.9 Å². The molecular formula is C12H18N2O3. The summed E-state index contributed by atoms with van der Waals surface area (Å²) in [4.78, 5) is 23.7. The van der Waals surface area contributed by atoms with E-state index in [4.69, 9.17) is 4.74 Å². The predicted molar refractivity (Wildman–Crippen MR) is 62.9 cm³/mol. The lowest BCUT2D eigenvalue weighted by Gasteiger charge is -2.06. The standard InChI is InChI=1S/C12H18N2O3/c1-2-4-13-5-6-14(12(13)16)8-11(15)10-3-7-17-9-10/h5-6,10H,2-4,7-9H2,1H3. The van der Waals surface area contributed by atoms with Gasteiger partial charge in [-0.1, -0.05) is 6.92 Å². The van der Waals surface area contributed by atoms with E-state index in [-0.39, 0.29) is 23.9 Å². The van der Waals surface area contributed by atoms with Gasteiger partial charge in [0.2, 0.25) is 0 Å². The van der Waals surface area contributed by atoms with Gasteiger partial charge >= 0.3 is 5.69 Å². The number of aromatic nitrogens is 2. The summed E-state index contributed by atoms with van der Waals surface area (Å²) in [7, 11) is 0. The fourth-order valence-electron chi connectivity index (χ4n) is 2.07. The molecule has 1 atom stereocenters. The summed E-state index contributed by atoms with van der Waals surface area (Å²) in [5.41, 5.74) is -0.0980. The van der Waals surface area contributed by atoms with E-state index >= 15 is 0 Å². The summed E-state index contributed by atoms with van der Waals surface area (Å²) < 4.78 is 8.30. The average molecular weight is 238 g/mol. The van der Waals surface area contributed by atoms with Crippen LogP contribution >= 0.6 is 0 Å². The van der Waals surface area contributed by atoms with Gasteiger partial charge in [0.25, 0.3) is 0 Å². The van der Waals surface area contributed by atoms with E-state index in [0.29, 0.717) is 19.8 Å². The Balaban J connectivity index is 2.03. The lowest BCUT2D eigenvalue weighted by Crippen LogP contribution is -2.29. The molecule has 2 heterocycles. The number of Topliss-reactive ketones (excluding diaryl/α,β-unsaturated/α-hetero) is 1. The molecule has 0 bridgehead atoms. The molecule has 0 N–H and O–H groups in total. The van der Waals surface area contributed by atoms with Gasteiger partial charge in [0.15, 0.2) is 5.78 Å². The molecule has 0 radical (unpaired) electrons. The quantitative estimate of drug-likeness (QED) is 0.757. The van der Waals surface area contributed by atoms with Gasteiger partial charge in [-0.3, -0.25) is 13.9 Å². The van der Waals surface area contributed by atoms with E-state index in [9.17, 15) is 9.59 Å². The summed E-state index contributed by atoms with van der Waals surface area (Å²) in [6.07, 6.45) is 5.12. The molecule has 5 nitrogen and oxygen atoms in total. The summed E-state index contributed by atoms with van der Waals surface area (Å²) in [5, 5.41) is 0. The maximum absolute atomic E-state index is 11.9. The highest BCUT2D eigenvalue weighted by atomic mass is 16.5. The summed E-state index contributed by atoms with van der Waals surface area (Å²) in [6.45, 7) is 4.05. The third kappa shape index (κ3) is 2.66. The Morgan fingerprint density at radius 1 is 1.47 bits per heavy atom. The molecule has 0 saturated carbocycles. The van der Waals surface area contributed by atoms with Crippen molar-refractivity contribution < 1.29 is 9.53 Å². The zero-order valence-corrected chi connectivity index (χ0v) is 10.1. The van der Waals surface area contributed by atoms with Crippen molar-refractivity contribution >= 4 is 5.78 Å². The molecule has 1 aromatic rings. The van der Waals surface area contributed by atoms with E-state index in [1.165, 1.54) is 4.57 Å². The first kappa shape index (κ1) is 12.1. The average Bonchev–Trinajstić information content (AvgIpc) is 2.94. The van der Waals surface area contributed by atoms with Crippen molar-refractivity contribution in [1.29, 1.82) is 0 Å². The minimum atomic E-state index is -0.0980. The van der Waals surface area contributed by atoms with Gasteiger partial charge < -0.3 is 4.74 Å². The van der Waals surface area contributed by atoms with Crippen LogP contribution in [0.15, 0.2) is 17.2 Å². The van der Waals surface area contributed by atoms with Crippen molar-refractivity contribution in [3.63, 3.8) is 0 Å². The van der Waals surface area contributed by atoms with Crippen LogP contribution in [0, 0.1) is 5.92 Å². The van der Waals surface area contributed by atoms with Crippen LogP contribution < -0.4 is 5.69 Å². The lowest BCUT2D eigenvalue weighted by molar-refractivity contribution is -0.123. The molecular weight excluding hydrogens is 220 g/mol. The summed E-state index contributed by atoms with van der Waals surface area (Å²) in [5.74, 6) is 0.0651. The molecule has 0 spiro atoms. The highest BCUT2D eigenvalue weighted by Gasteiger charge is 2.23. The van der Waals surface area contributed by atoms with E-state index in [1.54, 1.807) is 17.0 Å². The van der Waals surface area contributed by atoms with Gasteiger partial charge in [0.05, 0.1) is 13.2 Å². The molecule has 1 aliphatic rings. The van der Waals surface area contributed by atoms with Crippen LogP contribution in [0.5, 0.6) is 0 Å². The number of hydrogen-bond acceptors (Lipinski definition) is 3. The van der Waals surface area contributed by atoms with Crippen LogP contribution in [0.25, 0.3) is 0 Å². The smallest absolute Gasteiger partial charge is 0.328 e. The van der Waals surface area contributed by atoms with Gasteiger partial charge in [0.1, 0.15) is 0 Å². The van der Waals surface area contributed by atoms with Crippen LogP contribution in [0.2, 0.25) is 0 Å². The van der Waals surface area contributed by atoms with Gasteiger partial charge in [0, 0.05) is 31.5 Å². The van der Waals surface area contributed by atoms with E-state index in [2.05, 4.69) is 0 Å². The highest BCUT2D eigenvalue weighted by molar-refractivity contribution is 5.81. The number of carbonyl (C=O) groups excluding carboxylic acids is 1. The number of ketones is 1. The Morgan fingerprint density at radius 2 is 2.24 bits per heavy atom. The van der Waals surface area contributed by atoms with Crippen molar-refractivity contribution in [3.8, 4) is 0 Å². The number of carbonyl (C=O) groups is 1. The first-order chi connectivity index (χ1) is 8.22. The Hall–Kier alpha value is -1.36. The molecule has 1 saturated heterocycles. The van der Waals surface area contributed by atoms with E-state index < -0.39 is 0 Å². The third-order valence-electron chi connectivity index (χ3n) is 3.09. The monoisotopic (exact) mass is 238 g/mol. The zero-order chi connectivity index (χ0) is 12.3. The second-order valence-corrected chi connectivity index (χ2v) is 4.43. The Morgan fingerprint density at radius 3 is 2.88 bits per heavy atom. The molecule has 5 heteroatoms. The maximum Gasteiger partial charge on any atom is 0.328 e. The molecule has 2 rings (SSSR count). The predicted octanol–water partition coefficient (Wildman–Crippen LogP) is 0.665. The molecule has 94 valence electrons. The van der Waals surface area contributed by atoms with Gasteiger partial charge in [-0.15, -0.1) is 0 Å². The highest BCUT2D eigenvalue weighted by Crippen LogP contribution is 2.13. The molecule has 1 aromatic heterocycles. The number of hydrogen-bond donors (Lipinski definition) is 0. The number of ether oxygens (including phenoxy) is 1. The molecule has 1 aliphatic heterocycles. The third-order valence-corrected chi connectivity index (χ3v) is 3.09. The molecule has 17 heavy (non-hydrogen) atoms. The molecule has 0 aromatic carbocycles. The first-order valence-electron chi connectivity index (χ1n) is 6.08. The maximum atomic E-state index is 11.9. The Kier molecular flexibility index (Phi) is 3.78. The van der Waals surface area contributed by atoms with Gasteiger partial charge in [-0.2, -0.15) is 0 Å². The van der Waals surface area contributed by atoms with E-state index in [0.717, 1.165) is 12.8 Å². The minimum absolute atomic E-state index is 0.0311. The molecule has 1 unspecified atom stereocenters. The largest absolute Gasteiger partial charge is 0.381 e. The summed E-state index contributed by atoms with van der Waals surface area (Å²) >= 11 is 0. The van der Waals surface area contributed by atoms with Crippen LogP contribution in [0.1, 0.15) is 19.8 Å². The fourth-order valence-corrected chi connectivity index (χ4v) is 2.07. The summed E-state index contributed by atoms with van der Waals surface area (Å²) in [6, 6.07) is 0. The normalized spacial score (nSPS) is 19.7. The number of rotatable bonds is 5. The van der Waals surface area contributed by atoms with Crippen molar-refractivity contribution in [2.75, 3.05) is 13.2 Å². The molecule has 0 aliphatic carbocycles. The second kappa shape index (κ2) is 5.31. The minimum Gasteiger partial charge on any atom is -0.381 e. The molecule has 0 amide bonds. The number of imidazole rings is 1. The zero-order valence-electron chi connectivity index (χ0n) is 10.1. The first-order valence-corrected chi connectivity index (χ1v) is 6.08. The Labute approximate surface area is 100.0 Å². The van der Waals surface area contributed by atoms with Crippen LogP contribution in [-0.2, 0) is 22.6 Å². The van der Waals surface area contributed by atoms with Gasteiger partial charge in [-0.05, 0) is 12.8 Å². The fraction of sp³-hybridized carbons (Fsp3) is 0.667. The van der Waals surface area contributed by atoms with E-state index in [1.807, 2.05) is 6.92 Å². The number of nitrogens with zero attached hydrogens (tertiary/aromatic N) is 2. The van der Waals surface area contributed by atoms with Crippen molar-refractivity contribution in [2.24, 2.45) is 5.92 Å². The Bertz CT molecular complexity index is 441. The number of aryl methyl sites for hydroxylation is 1. The molecule has 1 fully saturated rings. The van der Waals surface area contributed by atoms with Crippen LogP contribution in [-0.4, -0.2) is 28.1 Å². The second-order valence-electron chi connectivity index (χ2n) is 4.43. The van der Waals surface area contributed by atoms with Crippen LogP contribution in [0.4, 0.5) is 0 Å². The van der Waals surface area contributed by atoms with Crippen molar-refractivity contribution in [1.82, 2.24) is 9.13 Å². The lowest BCUT2D eigenvalue weighted by atomic mass is 10.0. The van der Waals surface area contributed by atoms with Crippen LogP contribution in [0.3, 0.4) is 0 Å². The SMILES string of the molecule is CCCn1ccn(CC(=O)C2CCOC2)c1=O. The topological polar surface area (TPSA) is 53.2 Å².